The number of rotatable bonds is 3. The van der Waals surface area contributed by atoms with E-state index in [0.29, 0.717) is 0 Å². The van der Waals surface area contributed by atoms with Gasteiger partial charge in [-0.2, -0.15) is 0 Å². The van der Waals surface area contributed by atoms with Crippen LogP contribution in [0.3, 0.4) is 0 Å². The van der Waals surface area contributed by atoms with Crippen molar-refractivity contribution in [1.29, 1.82) is 0 Å². The lowest BCUT2D eigenvalue weighted by atomic mass is 10.0. The minimum absolute atomic E-state index is 0.149. The molecule has 0 spiro atoms. The Morgan fingerprint density at radius 2 is 2.21 bits per heavy atom. The second-order valence-electron chi connectivity index (χ2n) is 5.62. The molecule has 1 aromatic rings. The molecule has 1 N–H and O–H groups in total. The Kier molecular flexibility index (Phi) is 4.50. The standard InChI is InChI=1S/C15H21FN2S/c1-11-10-13(16)5-4-12(11)6-8-17-14-18-15(2,3)7-9-19-14/h4-5,10H,6-9H2,1-3H3,(H,17,18). The quantitative estimate of drug-likeness (QED) is 0.916. The average Bonchev–Trinajstić information content (AvgIpc) is 2.31. The van der Waals surface area contributed by atoms with E-state index >= 15 is 0 Å². The molecule has 0 unspecified atom stereocenters. The molecule has 1 saturated heterocycles. The number of aliphatic imine (C=N–C) groups is 1. The molecular formula is C15H21FN2S. The van der Waals surface area contributed by atoms with Crippen molar-refractivity contribution in [2.75, 3.05) is 12.3 Å². The van der Waals surface area contributed by atoms with Gasteiger partial charge in [0.1, 0.15) is 5.82 Å². The molecule has 1 heterocycles. The Morgan fingerprint density at radius 3 is 2.89 bits per heavy atom. The van der Waals surface area contributed by atoms with Gasteiger partial charge in [0.2, 0.25) is 0 Å². The van der Waals surface area contributed by atoms with Crippen LogP contribution in [0.25, 0.3) is 0 Å². The van der Waals surface area contributed by atoms with Gasteiger partial charge in [0.25, 0.3) is 0 Å². The van der Waals surface area contributed by atoms with E-state index < -0.39 is 0 Å². The Labute approximate surface area is 118 Å². The molecular weight excluding hydrogens is 259 g/mol. The Bertz CT molecular complexity index is 483. The summed E-state index contributed by atoms with van der Waals surface area (Å²) in [5.41, 5.74) is 2.33. The van der Waals surface area contributed by atoms with Gasteiger partial charge in [0.15, 0.2) is 5.17 Å². The fraction of sp³-hybridized carbons (Fsp3) is 0.533. The van der Waals surface area contributed by atoms with Crippen molar-refractivity contribution >= 4 is 16.9 Å². The van der Waals surface area contributed by atoms with Crippen molar-refractivity contribution in [1.82, 2.24) is 5.32 Å². The van der Waals surface area contributed by atoms with Gasteiger partial charge in [-0.05, 0) is 56.9 Å². The summed E-state index contributed by atoms with van der Waals surface area (Å²) in [6.45, 7) is 7.10. The maximum absolute atomic E-state index is 13.0. The summed E-state index contributed by atoms with van der Waals surface area (Å²) >= 11 is 1.79. The van der Waals surface area contributed by atoms with Crippen molar-refractivity contribution < 1.29 is 4.39 Å². The SMILES string of the molecule is Cc1cc(F)ccc1CCN=C1NC(C)(C)CCS1. The van der Waals surface area contributed by atoms with Gasteiger partial charge in [0.05, 0.1) is 0 Å². The van der Waals surface area contributed by atoms with E-state index in [0.717, 1.165) is 35.9 Å². The van der Waals surface area contributed by atoms with Crippen molar-refractivity contribution in [3.8, 4) is 0 Å². The molecule has 4 heteroatoms. The van der Waals surface area contributed by atoms with Crippen LogP contribution in [0.15, 0.2) is 23.2 Å². The molecule has 0 aliphatic carbocycles. The number of hydrogen-bond donors (Lipinski definition) is 1. The number of nitrogens with zero attached hydrogens (tertiary/aromatic N) is 1. The third-order valence-corrected chi connectivity index (χ3v) is 4.27. The number of nitrogens with one attached hydrogen (secondary N) is 1. The second-order valence-corrected chi connectivity index (χ2v) is 6.70. The number of aryl methyl sites for hydroxylation is 1. The average molecular weight is 280 g/mol. The maximum Gasteiger partial charge on any atom is 0.156 e. The van der Waals surface area contributed by atoms with E-state index in [-0.39, 0.29) is 11.4 Å². The molecule has 0 bridgehead atoms. The first kappa shape index (κ1) is 14.4. The lowest BCUT2D eigenvalue weighted by molar-refractivity contribution is 0.446. The maximum atomic E-state index is 13.0. The summed E-state index contributed by atoms with van der Waals surface area (Å²) in [5.74, 6) is 0.952. The van der Waals surface area contributed by atoms with Crippen LogP contribution in [-0.2, 0) is 6.42 Å². The van der Waals surface area contributed by atoms with Gasteiger partial charge in [-0.3, -0.25) is 4.99 Å². The molecule has 1 aliphatic rings. The highest BCUT2D eigenvalue weighted by atomic mass is 32.2. The summed E-state index contributed by atoms with van der Waals surface area (Å²) in [6, 6.07) is 4.96. The molecule has 0 aromatic heterocycles. The minimum atomic E-state index is -0.168. The second kappa shape index (κ2) is 5.95. The molecule has 0 atom stereocenters. The van der Waals surface area contributed by atoms with Gasteiger partial charge in [-0.1, -0.05) is 17.8 Å². The van der Waals surface area contributed by atoms with Crippen LogP contribution in [0.5, 0.6) is 0 Å². The van der Waals surface area contributed by atoms with Crippen LogP contribution in [0.1, 0.15) is 31.4 Å². The van der Waals surface area contributed by atoms with Crippen LogP contribution in [0, 0.1) is 12.7 Å². The highest BCUT2D eigenvalue weighted by Crippen LogP contribution is 2.21. The van der Waals surface area contributed by atoms with Crippen LogP contribution in [0.2, 0.25) is 0 Å². The van der Waals surface area contributed by atoms with Gasteiger partial charge in [-0.15, -0.1) is 0 Å². The van der Waals surface area contributed by atoms with Crippen molar-refractivity contribution in [3.05, 3.63) is 35.1 Å². The van der Waals surface area contributed by atoms with Crippen LogP contribution < -0.4 is 5.32 Å². The molecule has 1 fully saturated rings. The van der Waals surface area contributed by atoms with Gasteiger partial charge in [-0.25, -0.2) is 4.39 Å². The molecule has 0 saturated carbocycles. The molecule has 0 amide bonds. The minimum Gasteiger partial charge on any atom is -0.360 e. The van der Waals surface area contributed by atoms with E-state index in [1.807, 2.05) is 13.0 Å². The predicted molar refractivity (Wildman–Crippen MR) is 81.4 cm³/mol. The third kappa shape index (κ3) is 4.23. The Balaban J connectivity index is 1.92. The fourth-order valence-corrected chi connectivity index (χ4v) is 3.43. The lowest BCUT2D eigenvalue weighted by Gasteiger charge is -2.32. The zero-order valence-corrected chi connectivity index (χ0v) is 12.6. The molecule has 19 heavy (non-hydrogen) atoms. The van der Waals surface area contributed by atoms with E-state index in [4.69, 9.17) is 0 Å². The van der Waals surface area contributed by atoms with Crippen LogP contribution >= 0.6 is 11.8 Å². The molecule has 1 aliphatic heterocycles. The summed E-state index contributed by atoms with van der Waals surface area (Å²) < 4.78 is 13.0. The van der Waals surface area contributed by atoms with Crippen LogP contribution in [0.4, 0.5) is 4.39 Å². The number of benzene rings is 1. The molecule has 0 radical (unpaired) electrons. The summed E-state index contributed by atoms with van der Waals surface area (Å²) in [4.78, 5) is 4.61. The highest BCUT2D eigenvalue weighted by molar-refractivity contribution is 8.13. The van der Waals surface area contributed by atoms with Crippen molar-refractivity contribution in [2.45, 2.75) is 39.2 Å². The Morgan fingerprint density at radius 1 is 1.42 bits per heavy atom. The normalized spacial score (nSPS) is 20.3. The van der Waals surface area contributed by atoms with E-state index in [1.54, 1.807) is 17.8 Å². The third-order valence-electron chi connectivity index (χ3n) is 3.35. The van der Waals surface area contributed by atoms with E-state index in [9.17, 15) is 4.39 Å². The van der Waals surface area contributed by atoms with E-state index in [2.05, 4.69) is 24.2 Å². The summed E-state index contributed by atoms with van der Waals surface area (Å²) in [7, 11) is 0. The van der Waals surface area contributed by atoms with Gasteiger partial charge >= 0.3 is 0 Å². The van der Waals surface area contributed by atoms with Gasteiger partial charge < -0.3 is 5.32 Å². The summed E-state index contributed by atoms with van der Waals surface area (Å²) in [5, 5.41) is 4.49. The first-order valence-electron chi connectivity index (χ1n) is 6.67. The smallest absolute Gasteiger partial charge is 0.156 e. The molecule has 2 nitrogen and oxygen atoms in total. The number of halogens is 1. The summed E-state index contributed by atoms with van der Waals surface area (Å²) in [6.07, 6.45) is 2.02. The van der Waals surface area contributed by atoms with E-state index in [1.165, 1.54) is 11.6 Å². The first-order valence-corrected chi connectivity index (χ1v) is 7.65. The monoisotopic (exact) mass is 280 g/mol. The van der Waals surface area contributed by atoms with Crippen LogP contribution in [-0.4, -0.2) is 23.0 Å². The van der Waals surface area contributed by atoms with Crippen molar-refractivity contribution in [3.63, 3.8) is 0 Å². The molecule has 1 aromatic carbocycles. The number of hydrogen-bond acceptors (Lipinski definition) is 2. The fourth-order valence-electron chi connectivity index (χ4n) is 2.09. The van der Waals surface area contributed by atoms with Gasteiger partial charge in [0, 0.05) is 17.8 Å². The molecule has 2 rings (SSSR count). The topological polar surface area (TPSA) is 24.4 Å². The highest BCUT2D eigenvalue weighted by Gasteiger charge is 2.23. The largest absolute Gasteiger partial charge is 0.360 e. The zero-order valence-electron chi connectivity index (χ0n) is 11.8. The first-order chi connectivity index (χ1) is 8.96. The zero-order chi connectivity index (χ0) is 13.9. The lowest BCUT2D eigenvalue weighted by Crippen LogP contribution is -2.46. The number of amidine groups is 1. The molecule has 104 valence electrons. The number of thioether (sulfide) groups is 1. The Hall–Kier alpha value is -1.03. The van der Waals surface area contributed by atoms with Crippen molar-refractivity contribution in [2.24, 2.45) is 4.99 Å². The predicted octanol–water partition coefficient (Wildman–Crippen LogP) is 3.54.